The number of hydrogen-bond donors (Lipinski definition) is 0. The molecule has 0 unspecified atom stereocenters. The zero-order valence-electron chi connectivity index (χ0n) is 9.52. The molecule has 0 bridgehead atoms. The molecule has 2 fully saturated rings. The first-order chi connectivity index (χ1) is 7.48. The third kappa shape index (κ3) is 1.18. The Balaban J connectivity index is 2.07. The molecule has 3 rings (SSSR count). The summed E-state index contributed by atoms with van der Waals surface area (Å²) in [5, 5.41) is 0. The SMILES string of the molecule is CO[C@]12C=CC(=O)C=C1[C@H]1O[C@H]1C(C)(C)O2. The number of ketones is 1. The molecule has 2 heterocycles. The van der Waals surface area contributed by atoms with E-state index in [4.69, 9.17) is 14.2 Å². The number of ether oxygens (including phenoxy) is 3. The Kier molecular flexibility index (Phi) is 1.80. The van der Waals surface area contributed by atoms with Crippen LogP contribution in [0.5, 0.6) is 0 Å². The molecule has 3 aliphatic rings. The molecule has 3 atom stereocenters. The predicted octanol–water partition coefficient (Wildman–Crippen LogP) is 0.971. The molecule has 0 amide bonds. The fourth-order valence-corrected chi connectivity index (χ4v) is 2.52. The van der Waals surface area contributed by atoms with Gasteiger partial charge in [0.05, 0.1) is 5.60 Å². The van der Waals surface area contributed by atoms with E-state index in [1.165, 1.54) is 6.08 Å². The van der Waals surface area contributed by atoms with Crippen LogP contribution in [0, 0.1) is 0 Å². The fourth-order valence-electron chi connectivity index (χ4n) is 2.52. The minimum Gasteiger partial charge on any atom is -0.361 e. The zero-order valence-corrected chi connectivity index (χ0v) is 9.52. The van der Waals surface area contributed by atoms with Crippen molar-refractivity contribution in [3.05, 3.63) is 23.8 Å². The summed E-state index contributed by atoms with van der Waals surface area (Å²) in [5.74, 6) is -0.963. The van der Waals surface area contributed by atoms with Gasteiger partial charge in [-0.1, -0.05) is 0 Å². The van der Waals surface area contributed by atoms with E-state index in [1.54, 1.807) is 19.3 Å². The zero-order chi connectivity index (χ0) is 11.6. The number of carbonyl (C=O) groups excluding carboxylic acids is 1. The van der Waals surface area contributed by atoms with Crippen molar-refractivity contribution in [3.8, 4) is 0 Å². The minimum atomic E-state index is -0.922. The van der Waals surface area contributed by atoms with Gasteiger partial charge in [-0.25, -0.2) is 0 Å². The van der Waals surface area contributed by atoms with Gasteiger partial charge >= 0.3 is 0 Å². The molecule has 0 saturated carbocycles. The van der Waals surface area contributed by atoms with Crippen molar-refractivity contribution in [2.45, 2.75) is 37.4 Å². The van der Waals surface area contributed by atoms with Gasteiger partial charge in [0.1, 0.15) is 12.2 Å². The summed E-state index contributed by atoms with van der Waals surface area (Å²) in [6.07, 6.45) is 4.69. The summed E-state index contributed by atoms with van der Waals surface area (Å²) >= 11 is 0. The summed E-state index contributed by atoms with van der Waals surface area (Å²) in [7, 11) is 1.58. The van der Waals surface area contributed by atoms with Crippen molar-refractivity contribution in [3.63, 3.8) is 0 Å². The normalized spacial score (nSPS) is 43.4. The topological polar surface area (TPSA) is 48.1 Å². The lowest BCUT2D eigenvalue weighted by molar-refractivity contribution is -0.232. The molecule has 0 aromatic heterocycles. The van der Waals surface area contributed by atoms with Gasteiger partial charge in [-0.2, -0.15) is 0 Å². The average Bonchev–Trinajstić information content (AvgIpc) is 3.00. The summed E-state index contributed by atoms with van der Waals surface area (Å²) in [4.78, 5) is 11.4. The van der Waals surface area contributed by atoms with Crippen molar-refractivity contribution in [2.75, 3.05) is 7.11 Å². The predicted molar refractivity (Wildman–Crippen MR) is 55.8 cm³/mol. The van der Waals surface area contributed by atoms with Crippen molar-refractivity contribution >= 4 is 5.78 Å². The van der Waals surface area contributed by atoms with Gasteiger partial charge in [0.25, 0.3) is 0 Å². The van der Waals surface area contributed by atoms with Crippen molar-refractivity contribution in [2.24, 2.45) is 0 Å². The van der Waals surface area contributed by atoms with Gasteiger partial charge in [-0.05, 0) is 32.1 Å². The Hall–Kier alpha value is -0.970. The van der Waals surface area contributed by atoms with E-state index in [0.717, 1.165) is 5.57 Å². The van der Waals surface area contributed by atoms with Crippen LogP contribution in [-0.2, 0) is 19.0 Å². The Bertz CT molecular complexity index is 421. The van der Waals surface area contributed by atoms with E-state index < -0.39 is 11.4 Å². The molecule has 4 heteroatoms. The Morgan fingerprint density at radius 1 is 1.44 bits per heavy atom. The van der Waals surface area contributed by atoms with E-state index in [0.29, 0.717) is 0 Å². The van der Waals surface area contributed by atoms with Crippen LogP contribution in [0.3, 0.4) is 0 Å². The molecule has 16 heavy (non-hydrogen) atoms. The second-order valence-electron chi connectivity index (χ2n) is 4.89. The van der Waals surface area contributed by atoms with Crippen LogP contribution in [0.15, 0.2) is 23.8 Å². The van der Waals surface area contributed by atoms with Gasteiger partial charge in [-0.15, -0.1) is 0 Å². The summed E-state index contributed by atoms with van der Waals surface area (Å²) < 4.78 is 17.0. The van der Waals surface area contributed by atoms with Crippen LogP contribution in [0.4, 0.5) is 0 Å². The lowest BCUT2D eigenvalue weighted by Crippen LogP contribution is -2.52. The monoisotopic (exact) mass is 222 g/mol. The van der Waals surface area contributed by atoms with E-state index in [2.05, 4.69) is 0 Å². The van der Waals surface area contributed by atoms with E-state index >= 15 is 0 Å². The number of carbonyl (C=O) groups is 1. The molecule has 1 aliphatic carbocycles. The Morgan fingerprint density at radius 3 is 2.88 bits per heavy atom. The van der Waals surface area contributed by atoms with Crippen LogP contribution in [0.1, 0.15) is 13.8 Å². The average molecular weight is 222 g/mol. The lowest BCUT2D eigenvalue weighted by atomic mass is 9.86. The van der Waals surface area contributed by atoms with Crippen LogP contribution in [-0.4, -0.2) is 36.5 Å². The maximum Gasteiger partial charge on any atom is 0.214 e. The highest BCUT2D eigenvalue weighted by Crippen LogP contribution is 2.52. The van der Waals surface area contributed by atoms with Crippen LogP contribution >= 0.6 is 0 Å². The third-order valence-corrected chi connectivity index (χ3v) is 3.37. The van der Waals surface area contributed by atoms with E-state index in [-0.39, 0.29) is 18.0 Å². The number of rotatable bonds is 1. The molecule has 0 spiro atoms. The molecule has 0 aromatic rings. The molecule has 2 aliphatic heterocycles. The summed E-state index contributed by atoms with van der Waals surface area (Å²) in [6, 6.07) is 0. The highest BCUT2D eigenvalue weighted by atomic mass is 16.7. The molecule has 86 valence electrons. The lowest BCUT2D eigenvalue weighted by Gasteiger charge is -2.42. The maximum absolute atomic E-state index is 11.4. The highest BCUT2D eigenvalue weighted by molar-refractivity contribution is 6.01. The molecule has 0 N–H and O–H groups in total. The van der Waals surface area contributed by atoms with Crippen molar-refractivity contribution in [1.82, 2.24) is 0 Å². The van der Waals surface area contributed by atoms with E-state index in [1.807, 2.05) is 13.8 Å². The number of methoxy groups -OCH3 is 1. The first-order valence-electron chi connectivity index (χ1n) is 5.34. The van der Waals surface area contributed by atoms with E-state index in [9.17, 15) is 4.79 Å². The fraction of sp³-hybridized carbons (Fsp3) is 0.583. The molecule has 2 saturated heterocycles. The van der Waals surface area contributed by atoms with Gasteiger partial charge in [0, 0.05) is 12.7 Å². The van der Waals surface area contributed by atoms with Gasteiger partial charge in [-0.3, -0.25) is 4.79 Å². The van der Waals surface area contributed by atoms with Crippen LogP contribution in [0.25, 0.3) is 0 Å². The first kappa shape index (κ1) is 10.2. The van der Waals surface area contributed by atoms with Gasteiger partial charge < -0.3 is 14.2 Å². The summed E-state index contributed by atoms with van der Waals surface area (Å²) in [5.41, 5.74) is 0.384. The first-order valence-corrected chi connectivity index (χ1v) is 5.34. The van der Waals surface area contributed by atoms with Crippen molar-refractivity contribution in [1.29, 1.82) is 0 Å². The number of fused-ring (bicyclic) bond motifs is 3. The maximum atomic E-state index is 11.4. The molecule has 4 nitrogen and oxygen atoms in total. The van der Waals surface area contributed by atoms with Gasteiger partial charge in [0.2, 0.25) is 5.79 Å². The second kappa shape index (κ2) is 2.83. The molecule has 0 radical (unpaired) electrons. The largest absolute Gasteiger partial charge is 0.361 e. The Morgan fingerprint density at radius 2 is 2.19 bits per heavy atom. The number of allylic oxidation sites excluding steroid dienone is 2. The second-order valence-corrected chi connectivity index (χ2v) is 4.89. The number of hydrogen-bond acceptors (Lipinski definition) is 4. The minimum absolute atomic E-state index is 0.0290. The highest BCUT2D eigenvalue weighted by Gasteiger charge is 2.64. The third-order valence-electron chi connectivity index (χ3n) is 3.37. The standard InChI is InChI=1S/C12H14O4/c1-11(2)10-9(15-10)8-6-7(13)4-5-12(8,14-3)16-11/h4-6,9-10H,1-3H3/t9-,10-,12+/m1/s1. The summed E-state index contributed by atoms with van der Waals surface area (Å²) in [6.45, 7) is 3.94. The quantitative estimate of drug-likeness (QED) is 0.620. The smallest absolute Gasteiger partial charge is 0.214 e. The van der Waals surface area contributed by atoms with Crippen LogP contribution in [0.2, 0.25) is 0 Å². The number of epoxide rings is 1. The molecular formula is C12H14O4. The van der Waals surface area contributed by atoms with Crippen LogP contribution < -0.4 is 0 Å². The molecule has 0 aromatic carbocycles. The van der Waals surface area contributed by atoms with Gasteiger partial charge in [0.15, 0.2) is 5.78 Å². The Labute approximate surface area is 93.9 Å². The van der Waals surface area contributed by atoms with Crippen molar-refractivity contribution < 1.29 is 19.0 Å². The molecular weight excluding hydrogens is 208 g/mol.